The van der Waals surface area contributed by atoms with Crippen molar-refractivity contribution in [3.8, 4) is 0 Å². The van der Waals surface area contributed by atoms with Crippen molar-refractivity contribution >= 4 is 28.7 Å². The zero-order valence-electron chi connectivity index (χ0n) is 10.8. The van der Waals surface area contributed by atoms with Crippen molar-refractivity contribution in [2.75, 3.05) is 6.54 Å². The summed E-state index contributed by atoms with van der Waals surface area (Å²) in [5.41, 5.74) is 2.76. The number of carbonyl (C=O) groups excluding carboxylic acids is 1. The number of amides is 2. The van der Waals surface area contributed by atoms with Gasteiger partial charge in [-0.05, 0) is 6.92 Å². The van der Waals surface area contributed by atoms with Crippen molar-refractivity contribution in [1.29, 1.82) is 0 Å². The first-order valence-corrected chi connectivity index (χ1v) is 7.72. The monoisotopic (exact) mass is 296 g/mol. The van der Waals surface area contributed by atoms with E-state index in [2.05, 4.69) is 20.6 Å². The Kier molecular flexibility index (Phi) is 4.86. The van der Waals surface area contributed by atoms with Crippen LogP contribution in [0.3, 0.4) is 0 Å². The molecule has 0 saturated heterocycles. The molecule has 102 valence electrons. The highest BCUT2D eigenvalue weighted by atomic mass is 32.1. The molecule has 2 aromatic rings. The van der Waals surface area contributed by atoms with Crippen molar-refractivity contribution in [2.24, 2.45) is 0 Å². The summed E-state index contributed by atoms with van der Waals surface area (Å²) in [6, 6.07) is -0.156. The van der Waals surface area contributed by atoms with Crippen molar-refractivity contribution < 1.29 is 4.79 Å². The third-order valence-electron chi connectivity index (χ3n) is 2.70. The van der Waals surface area contributed by atoms with Gasteiger partial charge in [0.15, 0.2) is 0 Å². The Morgan fingerprint density at radius 1 is 1.37 bits per heavy atom. The number of nitrogens with zero attached hydrogens (tertiary/aromatic N) is 2. The summed E-state index contributed by atoms with van der Waals surface area (Å²) in [4.78, 5) is 21.1. The highest BCUT2D eigenvalue weighted by molar-refractivity contribution is 7.09. The number of rotatable bonds is 5. The van der Waals surface area contributed by atoms with Crippen molar-refractivity contribution in [2.45, 2.75) is 26.3 Å². The molecule has 2 aromatic heterocycles. The molecule has 2 amide bonds. The summed E-state index contributed by atoms with van der Waals surface area (Å²) in [7, 11) is 0. The SMILES string of the molecule is Cc1ncsc1CNC(=O)NC[C@@H](C)c1nccs1. The first kappa shape index (κ1) is 14.0. The van der Waals surface area contributed by atoms with Gasteiger partial charge in [0, 0.05) is 28.9 Å². The van der Waals surface area contributed by atoms with E-state index in [1.165, 1.54) is 0 Å². The Labute approximate surface area is 120 Å². The summed E-state index contributed by atoms with van der Waals surface area (Å²) >= 11 is 3.16. The lowest BCUT2D eigenvalue weighted by molar-refractivity contribution is 0.240. The lowest BCUT2D eigenvalue weighted by Gasteiger charge is -2.10. The lowest BCUT2D eigenvalue weighted by atomic mass is 10.2. The quantitative estimate of drug-likeness (QED) is 0.891. The minimum Gasteiger partial charge on any atom is -0.337 e. The van der Waals surface area contributed by atoms with Crippen LogP contribution in [-0.2, 0) is 6.54 Å². The highest BCUT2D eigenvalue weighted by Gasteiger charge is 2.10. The van der Waals surface area contributed by atoms with E-state index in [1.807, 2.05) is 19.2 Å². The minimum absolute atomic E-state index is 0.156. The molecule has 0 aliphatic rings. The fraction of sp³-hybridized carbons (Fsp3) is 0.417. The molecule has 2 heterocycles. The van der Waals surface area contributed by atoms with E-state index in [9.17, 15) is 4.79 Å². The van der Waals surface area contributed by atoms with Crippen LogP contribution in [0.25, 0.3) is 0 Å². The zero-order chi connectivity index (χ0) is 13.7. The van der Waals surface area contributed by atoms with Gasteiger partial charge in [0.2, 0.25) is 0 Å². The average molecular weight is 296 g/mol. The topological polar surface area (TPSA) is 66.9 Å². The van der Waals surface area contributed by atoms with E-state index >= 15 is 0 Å². The Balaban J connectivity index is 1.72. The molecule has 0 aliphatic carbocycles. The van der Waals surface area contributed by atoms with Crippen LogP contribution in [0.4, 0.5) is 4.79 Å². The maximum atomic E-state index is 11.7. The molecule has 0 bridgehead atoms. The summed E-state index contributed by atoms with van der Waals surface area (Å²) in [5, 5.41) is 8.67. The van der Waals surface area contributed by atoms with E-state index < -0.39 is 0 Å². The molecule has 1 atom stereocenters. The number of carbonyl (C=O) groups is 1. The van der Waals surface area contributed by atoms with Crippen LogP contribution in [0.15, 0.2) is 17.1 Å². The van der Waals surface area contributed by atoms with Gasteiger partial charge in [0.1, 0.15) is 0 Å². The van der Waals surface area contributed by atoms with Gasteiger partial charge in [0.05, 0.1) is 22.8 Å². The number of aromatic nitrogens is 2. The summed E-state index contributed by atoms with van der Waals surface area (Å²) in [6.07, 6.45) is 1.78. The molecular formula is C12H16N4OS2. The summed E-state index contributed by atoms with van der Waals surface area (Å²) in [5.74, 6) is 0.232. The Hall–Kier alpha value is -1.47. The van der Waals surface area contributed by atoms with Gasteiger partial charge in [-0.25, -0.2) is 14.8 Å². The first-order valence-electron chi connectivity index (χ1n) is 5.97. The van der Waals surface area contributed by atoms with E-state index in [-0.39, 0.29) is 11.9 Å². The number of thiazole rings is 2. The Morgan fingerprint density at radius 2 is 2.21 bits per heavy atom. The second-order valence-electron chi connectivity index (χ2n) is 4.20. The van der Waals surface area contributed by atoms with Crippen molar-refractivity contribution in [3.63, 3.8) is 0 Å². The van der Waals surface area contributed by atoms with Gasteiger partial charge in [-0.15, -0.1) is 22.7 Å². The first-order chi connectivity index (χ1) is 9.16. The van der Waals surface area contributed by atoms with Crippen LogP contribution in [0.2, 0.25) is 0 Å². The minimum atomic E-state index is -0.156. The van der Waals surface area contributed by atoms with Gasteiger partial charge in [-0.2, -0.15) is 0 Å². The molecule has 0 radical (unpaired) electrons. The maximum Gasteiger partial charge on any atom is 0.315 e. The molecule has 2 rings (SSSR count). The molecule has 0 spiro atoms. The Morgan fingerprint density at radius 3 is 2.84 bits per heavy atom. The van der Waals surface area contributed by atoms with Gasteiger partial charge >= 0.3 is 6.03 Å². The van der Waals surface area contributed by atoms with E-state index in [4.69, 9.17) is 0 Å². The molecule has 0 saturated carbocycles. The van der Waals surface area contributed by atoms with E-state index in [0.717, 1.165) is 15.6 Å². The lowest BCUT2D eigenvalue weighted by Crippen LogP contribution is -2.36. The van der Waals surface area contributed by atoms with Crippen LogP contribution < -0.4 is 10.6 Å². The number of hydrogen-bond donors (Lipinski definition) is 2. The maximum absolute atomic E-state index is 11.7. The van der Waals surface area contributed by atoms with E-state index in [0.29, 0.717) is 13.1 Å². The Bertz CT molecular complexity index is 524. The predicted octanol–water partition coefficient (Wildman–Crippen LogP) is 2.51. The van der Waals surface area contributed by atoms with Gasteiger partial charge < -0.3 is 10.6 Å². The van der Waals surface area contributed by atoms with Gasteiger partial charge in [-0.1, -0.05) is 6.92 Å². The molecule has 0 unspecified atom stereocenters. The number of nitrogens with one attached hydrogen (secondary N) is 2. The summed E-state index contributed by atoms with van der Waals surface area (Å²) in [6.45, 7) is 5.09. The standard InChI is InChI=1S/C12H16N4OS2/c1-8(11-13-3-4-18-11)5-14-12(17)15-6-10-9(2)16-7-19-10/h3-4,7-8H,5-6H2,1-2H3,(H2,14,15,17)/t8-/m1/s1. The third kappa shape index (κ3) is 4.00. The second-order valence-corrected chi connectivity index (χ2v) is 6.06. The molecule has 2 N–H and O–H groups in total. The van der Waals surface area contributed by atoms with Crippen molar-refractivity contribution in [1.82, 2.24) is 20.6 Å². The molecule has 7 heteroatoms. The smallest absolute Gasteiger partial charge is 0.315 e. The van der Waals surface area contributed by atoms with Crippen LogP contribution in [-0.4, -0.2) is 22.5 Å². The molecule has 0 fully saturated rings. The zero-order valence-corrected chi connectivity index (χ0v) is 12.5. The van der Waals surface area contributed by atoms with E-state index in [1.54, 1.807) is 34.4 Å². The molecule has 0 aliphatic heterocycles. The normalized spacial score (nSPS) is 12.1. The fourth-order valence-corrected chi connectivity index (χ4v) is 2.95. The fourth-order valence-electron chi connectivity index (χ4n) is 1.53. The van der Waals surface area contributed by atoms with Gasteiger partial charge in [0.25, 0.3) is 0 Å². The number of aryl methyl sites for hydroxylation is 1. The summed E-state index contributed by atoms with van der Waals surface area (Å²) < 4.78 is 0. The number of hydrogen-bond acceptors (Lipinski definition) is 5. The van der Waals surface area contributed by atoms with Crippen LogP contribution in [0, 0.1) is 6.92 Å². The van der Waals surface area contributed by atoms with Crippen LogP contribution >= 0.6 is 22.7 Å². The van der Waals surface area contributed by atoms with Crippen LogP contribution in [0.5, 0.6) is 0 Å². The second kappa shape index (κ2) is 6.63. The highest BCUT2D eigenvalue weighted by Crippen LogP contribution is 2.16. The molecule has 5 nitrogen and oxygen atoms in total. The largest absolute Gasteiger partial charge is 0.337 e. The molecular weight excluding hydrogens is 280 g/mol. The molecule has 19 heavy (non-hydrogen) atoms. The predicted molar refractivity (Wildman–Crippen MR) is 77.6 cm³/mol. The average Bonchev–Trinajstić information content (AvgIpc) is 3.05. The third-order valence-corrected chi connectivity index (χ3v) is 4.64. The van der Waals surface area contributed by atoms with Crippen LogP contribution in [0.1, 0.15) is 28.4 Å². The molecule has 0 aromatic carbocycles. The van der Waals surface area contributed by atoms with Gasteiger partial charge in [-0.3, -0.25) is 0 Å². The van der Waals surface area contributed by atoms with Crippen molar-refractivity contribution in [3.05, 3.63) is 32.7 Å². The number of urea groups is 1.